The number of nitrogens with zero attached hydrogens (tertiary/aromatic N) is 1. The van der Waals surface area contributed by atoms with Gasteiger partial charge < -0.3 is 9.47 Å². The highest BCUT2D eigenvalue weighted by molar-refractivity contribution is 9.10. The van der Waals surface area contributed by atoms with Gasteiger partial charge in [-0.05, 0) is 33.6 Å². The number of isocyanates is 1. The Hall–Kier alpha value is -1.16. The molecule has 2 rings (SSSR count). The van der Waals surface area contributed by atoms with Gasteiger partial charge >= 0.3 is 0 Å². The summed E-state index contributed by atoms with van der Waals surface area (Å²) in [6, 6.07) is 5.67. The summed E-state index contributed by atoms with van der Waals surface area (Å²) in [5.41, 5.74) is 1.07. The number of rotatable bonds is 5. The van der Waals surface area contributed by atoms with Crippen molar-refractivity contribution in [2.45, 2.75) is 13.5 Å². The lowest BCUT2D eigenvalue weighted by Gasteiger charge is -2.37. The van der Waals surface area contributed by atoms with Gasteiger partial charge in [-0.25, -0.2) is 9.79 Å². The fourth-order valence-electron chi connectivity index (χ4n) is 1.67. The molecular weight excluding hydrogens is 298 g/mol. The van der Waals surface area contributed by atoms with Crippen molar-refractivity contribution in [3.8, 4) is 5.75 Å². The molecule has 0 atom stereocenters. The summed E-state index contributed by atoms with van der Waals surface area (Å²) in [5.74, 6) is 0.793. The van der Waals surface area contributed by atoms with E-state index >= 15 is 0 Å². The van der Waals surface area contributed by atoms with Gasteiger partial charge in [0.25, 0.3) is 0 Å². The second kappa shape index (κ2) is 5.65. The van der Waals surface area contributed by atoms with Crippen LogP contribution < -0.4 is 4.74 Å². The largest absolute Gasteiger partial charge is 0.492 e. The molecule has 0 unspecified atom stereocenters. The van der Waals surface area contributed by atoms with E-state index in [2.05, 4.69) is 27.8 Å². The average molecular weight is 312 g/mol. The highest BCUT2D eigenvalue weighted by atomic mass is 79.9. The van der Waals surface area contributed by atoms with Gasteiger partial charge in [0.05, 0.1) is 30.8 Å². The van der Waals surface area contributed by atoms with Gasteiger partial charge in [0.1, 0.15) is 5.75 Å². The molecule has 96 valence electrons. The van der Waals surface area contributed by atoms with E-state index in [0.29, 0.717) is 13.2 Å². The van der Waals surface area contributed by atoms with E-state index < -0.39 is 0 Å². The van der Waals surface area contributed by atoms with Gasteiger partial charge in [0.15, 0.2) is 0 Å². The number of halogens is 1. The van der Waals surface area contributed by atoms with Gasteiger partial charge in [-0.2, -0.15) is 0 Å². The summed E-state index contributed by atoms with van der Waals surface area (Å²) in [7, 11) is 0. The molecular formula is C13H14BrNO3. The average Bonchev–Trinajstić information content (AvgIpc) is 2.33. The van der Waals surface area contributed by atoms with Crippen molar-refractivity contribution in [3.63, 3.8) is 0 Å². The van der Waals surface area contributed by atoms with E-state index in [9.17, 15) is 4.79 Å². The van der Waals surface area contributed by atoms with E-state index in [0.717, 1.165) is 29.0 Å². The Balaban J connectivity index is 1.98. The van der Waals surface area contributed by atoms with Crippen LogP contribution in [-0.4, -0.2) is 25.9 Å². The minimum Gasteiger partial charge on any atom is -0.492 e. The molecule has 0 aliphatic carbocycles. The van der Waals surface area contributed by atoms with Crippen molar-refractivity contribution >= 4 is 22.0 Å². The summed E-state index contributed by atoms with van der Waals surface area (Å²) >= 11 is 3.45. The number of hydrogen-bond acceptors (Lipinski definition) is 4. The molecule has 0 saturated carbocycles. The Morgan fingerprint density at radius 3 is 2.89 bits per heavy atom. The molecule has 1 aliphatic rings. The molecule has 5 heteroatoms. The molecule has 1 saturated heterocycles. The van der Waals surface area contributed by atoms with Crippen molar-refractivity contribution in [1.29, 1.82) is 0 Å². The van der Waals surface area contributed by atoms with Crippen LogP contribution >= 0.6 is 15.9 Å². The second-order valence-corrected chi connectivity index (χ2v) is 5.62. The normalized spacial score (nSPS) is 16.6. The Morgan fingerprint density at radius 1 is 1.56 bits per heavy atom. The van der Waals surface area contributed by atoms with Crippen molar-refractivity contribution < 1.29 is 14.3 Å². The van der Waals surface area contributed by atoms with Crippen LogP contribution in [0, 0.1) is 5.41 Å². The molecule has 0 aromatic heterocycles. The van der Waals surface area contributed by atoms with E-state index in [-0.39, 0.29) is 5.41 Å². The van der Waals surface area contributed by atoms with Crippen molar-refractivity contribution in [1.82, 2.24) is 0 Å². The fourth-order valence-corrected chi connectivity index (χ4v) is 2.21. The maximum atomic E-state index is 10.0. The number of ether oxygens (including phenoxy) is 2. The molecule has 0 radical (unpaired) electrons. The monoisotopic (exact) mass is 311 g/mol. The van der Waals surface area contributed by atoms with Crippen LogP contribution in [-0.2, 0) is 16.1 Å². The molecule has 0 bridgehead atoms. The summed E-state index contributed by atoms with van der Waals surface area (Å²) in [6.45, 7) is 4.61. The lowest BCUT2D eigenvalue weighted by Crippen LogP contribution is -2.44. The summed E-state index contributed by atoms with van der Waals surface area (Å²) in [6.07, 6.45) is 1.53. The maximum Gasteiger partial charge on any atom is 0.235 e. The lowest BCUT2D eigenvalue weighted by molar-refractivity contribution is -0.120. The smallest absolute Gasteiger partial charge is 0.235 e. The van der Waals surface area contributed by atoms with Crippen molar-refractivity contribution in [3.05, 3.63) is 28.2 Å². The molecule has 0 spiro atoms. The molecule has 1 aliphatic heterocycles. The van der Waals surface area contributed by atoms with Gasteiger partial charge in [-0.1, -0.05) is 13.0 Å². The Morgan fingerprint density at radius 2 is 2.33 bits per heavy atom. The SMILES string of the molecule is CC1(COc2ccc(CN=C=O)cc2Br)COC1. The van der Waals surface area contributed by atoms with Crippen LogP contribution in [0.3, 0.4) is 0 Å². The number of benzene rings is 1. The third-order valence-corrected chi connectivity index (χ3v) is 3.42. The van der Waals surface area contributed by atoms with Crippen LogP contribution in [0.2, 0.25) is 0 Å². The van der Waals surface area contributed by atoms with E-state index in [1.807, 2.05) is 18.2 Å². The van der Waals surface area contributed by atoms with Gasteiger partial charge in [-0.3, -0.25) is 0 Å². The molecule has 18 heavy (non-hydrogen) atoms. The predicted molar refractivity (Wildman–Crippen MR) is 70.4 cm³/mol. The third kappa shape index (κ3) is 3.19. The molecule has 1 fully saturated rings. The zero-order chi connectivity index (χ0) is 13.0. The lowest BCUT2D eigenvalue weighted by atomic mass is 9.90. The van der Waals surface area contributed by atoms with Gasteiger partial charge in [-0.15, -0.1) is 0 Å². The standard InChI is InChI=1S/C13H14BrNO3/c1-13(6-17-7-13)8-18-12-3-2-10(4-11(12)14)5-15-9-16/h2-4H,5-8H2,1H3. The molecule has 1 heterocycles. The minimum atomic E-state index is 0.125. The second-order valence-electron chi connectivity index (χ2n) is 4.76. The quantitative estimate of drug-likeness (QED) is 0.620. The van der Waals surface area contributed by atoms with Crippen LogP contribution in [0.1, 0.15) is 12.5 Å². The van der Waals surface area contributed by atoms with Crippen LogP contribution in [0.4, 0.5) is 0 Å². The highest BCUT2D eigenvalue weighted by Gasteiger charge is 2.34. The molecule has 0 amide bonds. The van der Waals surface area contributed by atoms with Crippen molar-refractivity contribution in [2.24, 2.45) is 10.4 Å². The zero-order valence-corrected chi connectivity index (χ0v) is 11.7. The molecule has 0 N–H and O–H groups in total. The highest BCUT2D eigenvalue weighted by Crippen LogP contribution is 2.31. The summed E-state index contributed by atoms with van der Waals surface area (Å²) in [4.78, 5) is 13.6. The number of aliphatic imine (C=N–C) groups is 1. The van der Waals surface area contributed by atoms with Crippen LogP contribution in [0.5, 0.6) is 5.75 Å². The van der Waals surface area contributed by atoms with Crippen LogP contribution in [0.25, 0.3) is 0 Å². The zero-order valence-electron chi connectivity index (χ0n) is 10.1. The molecule has 1 aromatic rings. The van der Waals surface area contributed by atoms with Gasteiger partial charge in [0, 0.05) is 5.41 Å². The Kier molecular flexibility index (Phi) is 4.17. The molecule has 4 nitrogen and oxygen atoms in total. The summed E-state index contributed by atoms with van der Waals surface area (Å²) in [5, 5.41) is 0. The topological polar surface area (TPSA) is 47.9 Å². The number of carbonyl (C=O) groups excluding carboxylic acids is 1. The Labute approximate surface area is 114 Å². The fraction of sp³-hybridized carbons (Fsp3) is 0.462. The first-order valence-electron chi connectivity index (χ1n) is 5.66. The predicted octanol–water partition coefficient (Wildman–Crippen LogP) is 2.70. The molecule has 1 aromatic carbocycles. The van der Waals surface area contributed by atoms with Crippen LogP contribution in [0.15, 0.2) is 27.7 Å². The third-order valence-electron chi connectivity index (χ3n) is 2.80. The van der Waals surface area contributed by atoms with Gasteiger partial charge in [0.2, 0.25) is 6.08 Å². The first-order valence-corrected chi connectivity index (χ1v) is 6.45. The van der Waals surface area contributed by atoms with E-state index in [4.69, 9.17) is 9.47 Å². The first-order chi connectivity index (χ1) is 8.63. The number of hydrogen-bond donors (Lipinski definition) is 0. The first kappa shape index (κ1) is 13.3. The maximum absolute atomic E-state index is 10.0. The van der Waals surface area contributed by atoms with E-state index in [1.54, 1.807) is 0 Å². The van der Waals surface area contributed by atoms with E-state index in [1.165, 1.54) is 6.08 Å². The van der Waals surface area contributed by atoms with Crippen molar-refractivity contribution in [2.75, 3.05) is 19.8 Å². The Bertz CT molecular complexity index is 479. The summed E-state index contributed by atoms with van der Waals surface area (Å²) < 4.78 is 11.8. The minimum absolute atomic E-state index is 0.125.